The molecule has 0 aliphatic carbocycles. The van der Waals surface area contributed by atoms with Crippen LogP contribution in [0.15, 0.2) is 48.5 Å². The number of rotatable bonds is 7. The summed E-state index contributed by atoms with van der Waals surface area (Å²) in [6.07, 6.45) is -0.319. The van der Waals surface area contributed by atoms with Gasteiger partial charge in [-0.15, -0.1) is 0 Å². The number of anilines is 1. The van der Waals surface area contributed by atoms with Crippen LogP contribution in [0.25, 0.3) is 0 Å². The standard InChI is InChI=1S/C27H29NO7/c1-15-25(16-10-23(30-3)26(32-5)24(11-16)31-4)19-12-21-22(34-14-33-21)13-20(19)35-27(15)28-17-6-8-18(29-2)9-7-17/h6-13,15,25,27-28H,14H2,1-5H3/t15-,25-,27-/m1/s1. The van der Waals surface area contributed by atoms with Crippen LogP contribution >= 0.6 is 0 Å². The minimum Gasteiger partial charge on any atom is -0.497 e. The Morgan fingerprint density at radius 3 is 2.03 bits per heavy atom. The van der Waals surface area contributed by atoms with Crippen molar-refractivity contribution in [2.24, 2.45) is 5.92 Å². The van der Waals surface area contributed by atoms with Crippen molar-refractivity contribution in [1.82, 2.24) is 0 Å². The van der Waals surface area contributed by atoms with E-state index in [0.717, 1.165) is 28.3 Å². The minimum absolute atomic E-state index is 0.0211. The van der Waals surface area contributed by atoms with E-state index in [2.05, 4.69) is 12.2 Å². The molecule has 3 aromatic carbocycles. The molecule has 0 unspecified atom stereocenters. The van der Waals surface area contributed by atoms with Crippen molar-refractivity contribution in [3.8, 4) is 40.2 Å². The van der Waals surface area contributed by atoms with Gasteiger partial charge in [-0.2, -0.15) is 0 Å². The van der Waals surface area contributed by atoms with Gasteiger partial charge in [-0.05, 0) is 48.0 Å². The van der Waals surface area contributed by atoms with Crippen LogP contribution in [0.2, 0.25) is 0 Å². The largest absolute Gasteiger partial charge is 0.497 e. The molecule has 0 spiro atoms. The lowest BCUT2D eigenvalue weighted by atomic mass is 9.78. The number of benzene rings is 3. The molecule has 0 saturated heterocycles. The van der Waals surface area contributed by atoms with Gasteiger partial charge in [-0.3, -0.25) is 0 Å². The molecule has 0 bridgehead atoms. The van der Waals surface area contributed by atoms with Crippen LogP contribution in [-0.4, -0.2) is 41.5 Å². The SMILES string of the molecule is COc1ccc(N[C@@H]2Oc3cc4c(cc3[C@@H](c3cc(OC)c(OC)c(OC)c3)[C@H]2C)OCO4)cc1. The van der Waals surface area contributed by atoms with Gasteiger partial charge < -0.3 is 38.5 Å². The monoisotopic (exact) mass is 479 g/mol. The first-order valence-electron chi connectivity index (χ1n) is 11.4. The molecule has 1 N–H and O–H groups in total. The van der Waals surface area contributed by atoms with Gasteiger partial charge in [-0.25, -0.2) is 0 Å². The second-order valence-electron chi connectivity index (χ2n) is 8.45. The second-order valence-corrected chi connectivity index (χ2v) is 8.45. The van der Waals surface area contributed by atoms with Crippen LogP contribution in [-0.2, 0) is 0 Å². The highest BCUT2D eigenvalue weighted by molar-refractivity contribution is 5.60. The third-order valence-electron chi connectivity index (χ3n) is 6.54. The molecule has 2 heterocycles. The van der Waals surface area contributed by atoms with Gasteiger partial charge >= 0.3 is 0 Å². The zero-order chi connectivity index (χ0) is 24.5. The molecule has 8 nitrogen and oxygen atoms in total. The number of nitrogens with one attached hydrogen (secondary N) is 1. The van der Waals surface area contributed by atoms with Gasteiger partial charge in [0.25, 0.3) is 0 Å². The Balaban J connectivity index is 1.59. The Hall–Kier alpha value is -3.94. The number of hydrogen-bond acceptors (Lipinski definition) is 8. The maximum atomic E-state index is 6.47. The molecule has 8 heteroatoms. The van der Waals surface area contributed by atoms with E-state index in [1.165, 1.54) is 0 Å². The van der Waals surface area contributed by atoms with Gasteiger partial charge in [0.2, 0.25) is 12.5 Å². The Morgan fingerprint density at radius 1 is 0.771 bits per heavy atom. The lowest BCUT2D eigenvalue weighted by Gasteiger charge is -2.39. The zero-order valence-electron chi connectivity index (χ0n) is 20.4. The molecule has 0 saturated carbocycles. The number of ether oxygens (including phenoxy) is 7. The molecule has 3 aromatic rings. The Kier molecular flexibility index (Phi) is 6.11. The molecular weight excluding hydrogens is 450 g/mol. The summed E-state index contributed by atoms with van der Waals surface area (Å²) in [6.45, 7) is 2.35. The topological polar surface area (TPSA) is 76.6 Å². The van der Waals surface area contributed by atoms with Gasteiger partial charge in [0.05, 0.1) is 28.4 Å². The Labute approximate surface area is 204 Å². The van der Waals surface area contributed by atoms with Crippen LogP contribution in [0.1, 0.15) is 24.0 Å². The van der Waals surface area contributed by atoms with Crippen molar-refractivity contribution in [1.29, 1.82) is 0 Å². The van der Waals surface area contributed by atoms with Crippen molar-refractivity contribution in [2.45, 2.75) is 19.1 Å². The molecule has 2 aliphatic heterocycles. The maximum Gasteiger partial charge on any atom is 0.231 e. The fraction of sp³-hybridized carbons (Fsp3) is 0.333. The molecule has 2 aliphatic rings. The summed E-state index contributed by atoms with van der Waals surface area (Å²) < 4.78 is 39.9. The van der Waals surface area contributed by atoms with Crippen LogP contribution in [0.3, 0.4) is 0 Å². The molecule has 0 radical (unpaired) electrons. The summed E-state index contributed by atoms with van der Waals surface area (Å²) in [4.78, 5) is 0. The van der Waals surface area contributed by atoms with Gasteiger partial charge in [-0.1, -0.05) is 6.92 Å². The van der Waals surface area contributed by atoms with E-state index < -0.39 is 0 Å². The normalized spacial score (nSPS) is 19.9. The molecule has 35 heavy (non-hydrogen) atoms. The summed E-state index contributed by atoms with van der Waals surface area (Å²) in [7, 11) is 6.49. The fourth-order valence-electron chi connectivity index (χ4n) is 4.76. The first-order chi connectivity index (χ1) is 17.1. The molecule has 0 amide bonds. The summed E-state index contributed by atoms with van der Waals surface area (Å²) in [5.74, 6) is 4.62. The van der Waals surface area contributed by atoms with E-state index in [4.69, 9.17) is 33.2 Å². The summed E-state index contributed by atoms with van der Waals surface area (Å²) in [6, 6.07) is 15.7. The van der Waals surface area contributed by atoms with Crippen LogP contribution in [0, 0.1) is 5.92 Å². The summed E-state index contributed by atoms with van der Waals surface area (Å²) in [5.41, 5.74) is 2.94. The van der Waals surface area contributed by atoms with Crippen molar-refractivity contribution < 1.29 is 33.2 Å². The number of hydrogen-bond donors (Lipinski definition) is 1. The third-order valence-corrected chi connectivity index (χ3v) is 6.54. The van der Waals surface area contributed by atoms with E-state index in [1.807, 2.05) is 48.5 Å². The number of methoxy groups -OCH3 is 4. The molecule has 5 rings (SSSR count). The molecule has 184 valence electrons. The van der Waals surface area contributed by atoms with E-state index in [9.17, 15) is 0 Å². The lowest BCUT2D eigenvalue weighted by Crippen LogP contribution is -2.40. The van der Waals surface area contributed by atoms with E-state index in [0.29, 0.717) is 28.7 Å². The zero-order valence-corrected chi connectivity index (χ0v) is 20.4. The molecular formula is C27H29NO7. The van der Waals surface area contributed by atoms with Crippen molar-refractivity contribution in [2.75, 3.05) is 40.5 Å². The summed E-state index contributed by atoms with van der Waals surface area (Å²) >= 11 is 0. The average molecular weight is 480 g/mol. The molecule has 3 atom stereocenters. The van der Waals surface area contributed by atoms with Crippen LogP contribution < -0.4 is 38.5 Å². The Morgan fingerprint density at radius 2 is 1.43 bits per heavy atom. The van der Waals surface area contributed by atoms with E-state index in [1.54, 1.807) is 28.4 Å². The lowest BCUT2D eigenvalue weighted by molar-refractivity contribution is 0.134. The van der Waals surface area contributed by atoms with Crippen LogP contribution in [0.5, 0.6) is 40.2 Å². The highest BCUT2D eigenvalue weighted by Gasteiger charge is 2.39. The average Bonchev–Trinajstić information content (AvgIpc) is 3.35. The highest BCUT2D eigenvalue weighted by Crippen LogP contribution is 2.51. The predicted molar refractivity (Wildman–Crippen MR) is 131 cm³/mol. The van der Waals surface area contributed by atoms with E-state index in [-0.39, 0.29) is 24.9 Å². The molecule has 0 aromatic heterocycles. The van der Waals surface area contributed by atoms with Gasteiger partial charge in [0.1, 0.15) is 11.5 Å². The predicted octanol–water partition coefficient (Wildman–Crippen LogP) is 5.05. The maximum absolute atomic E-state index is 6.47. The fourth-order valence-corrected chi connectivity index (χ4v) is 4.76. The smallest absolute Gasteiger partial charge is 0.231 e. The highest BCUT2D eigenvalue weighted by atomic mass is 16.7. The molecule has 0 fully saturated rings. The van der Waals surface area contributed by atoms with Crippen molar-refractivity contribution in [3.63, 3.8) is 0 Å². The first kappa shape index (κ1) is 22.8. The summed E-state index contributed by atoms with van der Waals surface area (Å²) in [5, 5.41) is 3.53. The van der Waals surface area contributed by atoms with E-state index >= 15 is 0 Å². The minimum atomic E-state index is -0.319. The second kappa shape index (κ2) is 9.37. The number of fused-ring (bicyclic) bond motifs is 2. The van der Waals surface area contributed by atoms with Gasteiger partial charge in [0, 0.05) is 29.2 Å². The van der Waals surface area contributed by atoms with Crippen molar-refractivity contribution >= 4 is 5.69 Å². The van der Waals surface area contributed by atoms with Crippen LogP contribution in [0.4, 0.5) is 5.69 Å². The van der Waals surface area contributed by atoms with Gasteiger partial charge in [0.15, 0.2) is 29.2 Å². The Bertz CT molecular complexity index is 1190. The first-order valence-corrected chi connectivity index (χ1v) is 11.4. The quantitative estimate of drug-likeness (QED) is 0.505. The van der Waals surface area contributed by atoms with Crippen molar-refractivity contribution in [3.05, 3.63) is 59.7 Å². The third kappa shape index (κ3) is 4.09.